The highest BCUT2D eigenvalue weighted by Crippen LogP contribution is 2.27. The van der Waals surface area contributed by atoms with Gasteiger partial charge in [-0.25, -0.2) is 13.4 Å². The van der Waals surface area contributed by atoms with Crippen LogP contribution in [0.1, 0.15) is 10.6 Å². The highest BCUT2D eigenvalue weighted by atomic mass is 32.2. The number of nitrogens with one attached hydrogen (secondary N) is 1. The number of thiazole rings is 1. The Morgan fingerprint density at radius 3 is 2.93 bits per heavy atom. The predicted molar refractivity (Wildman–Crippen MR) is 60.6 cm³/mol. The Kier molecular flexibility index (Phi) is 2.70. The largest absolute Gasteiger partial charge is 0.301 e. The Morgan fingerprint density at radius 2 is 2.27 bits per heavy atom. The second-order valence-electron chi connectivity index (χ2n) is 3.75. The molecule has 1 aromatic rings. The number of fused-ring (bicyclic) bond motifs is 1. The zero-order valence-electron chi connectivity index (χ0n) is 8.65. The summed E-state index contributed by atoms with van der Waals surface area (Å²) in [5.74, 6) is 0. The van der Waals surface area contributed by atoms with Gasteiger partial charge in [-0.3, -0.25) is 4.72 Å². The number of anilines is 1. The molecule has 2 heterocycles. The van der Waals surface area contributed by atoms with Crippen molar-refractivity contribution in [2.75, 3.05) is 24.6 Å². The summed E-state index contributed by atoms with van der Waals surface area (Å²) in [6.45, 7) is 1.84. The molecular formula is C8H13N3O2S2. The van der Waals surface area contributed by atoms with Gasteiger partial charge in [-0.2, -0.15) is 0 Å². The van der Waals surface area contributed by atoms with Crippen LogP contribution in [-0.4, -0.2) is 38.1 Å². The number of rotatable bonds is 2. The molecule has 0 aliphatic carbocycles. The van der Waals surface area contributed by atoms with Gasteiger partial charge in [0.05, 0.1) is 11.9 Å². The van der Waals surface area contributed by atoms with E-state index >= 15 is 0 Å². The van der Waals surface area contributed by atoms with Gasteiger partial charge in [0, 0.05) is 24.4 Å². The van der Waals surface area contributed by atoms with Crippen LogP contribution >= 0.6 is 11.3 Å². The summed E-state index contributed by atoms with van der Waals surface area (Å²) in [5.41, 5.74) is 1.03. The molecule has 7 heteroatoms. The molecule has 0 aromatic carbocycles. The van der Waals surface area contributed by atoms with Gasteiger partial charge < -0.3 is 4.90 Å². The lowest BCUT2D eigenvalue weighted by atomic mass is 10.2. The first kappa shape index (κ1) is 10.8. The Bertz CT molecular complexity index is 466. The van der Waals surface area contributed by atoms with Crippen molar-refractivity contribution in [2.45, 2.75) is 13.0 Å². The summed E-state index contributed by atoms with van der Waals surface area (Å²) >= 11 is 1.42. The number of sulfonamides is 1. The first-order valence-electron chi connectivity index (χ1n) is 4.59. The molecule has 0 spiro atoms. The molecule has 15 heavy (non-hydrogen) atoms. The summed E-state index contributed by atoms with van der Waals surface area (Å²) in [5, 5.41) is 0.484. The Labute approximate surface area is 93.2 Å². The van der Waals surface area contributed by atoms with Crippen LogP contribution in [0, 0.1) is 0 Å². The van der Waals surface area contributed by atoms with Crippen LogP contribution in [0.4, 0.5) is 5.13 Å². The van der Waals surface area contributed by atoms with Crippen LogP contribution in [0.3, 0.4) is 0 Å². The average molecular weight is 247 g/mol. The van der Waals surface area contributed by atoms with E-state index < -0.39 is 10.0 Å². The van der Waals surface area contributed by atoms with E-state index in [-0.39, 0.29) is 0 Å². The van der Waals surface area contributed by atoms with Crippen molar-refractivity contribution in [3.63, 3.8) is 0 Å². The van der Waals surface area contributed by atoms with Crippen molar-refractivity contribution in [2.24, 2.45) is 0 Å². The first-order valence-corrected chi connectivity index (χ1v) is 7.30. The summed E-state index contributed by atoms with van der Waals surface area (Å²) in [4.78, 5) is 7.63. The molecule has 2 rings (SSSR count). The number of aromatic nitrogens is 1. The number of hydrogen-bond acceptors (Lipinski definition) is 5. The molecule has 5 nitrogen and oxygen atoms in total. The highest BCUT2D eigenvalue weighted by Gasteiger charge is 2.19. The van der Waals surface area contributed by atoms with E-state index in [1.54, 1.807) is 0 Å². The van der Waals surface area contributed by atoms with E-state index in [0.29, 0.717) is 5.13 Å². The van der Waals surface area contributed by atoms with Crippen LogP contribution < -0.4 is 4.72 Å². The fraction of sp³-hybridized carbons (Fsp3) is 0.625. The minimum absolute atomic E-state index is 0.484. The van der Waals surface area contributed by atoms with Crippen molar-refractivity contribution in [1.82, 2.24) is 9.88 Å². The Hall–Kier alpha value is -0.660. The van der Waals surface area contributed by atoms with E-state index in [1.807, 2.05) is 7.05 Å². The molecule has 0 unspecified atom stereocenters. The summed E-state index contributed by atoms with van der Waals surface area (Å²) in [7, 11) is -1.16. The van der Waals surface area contributed by atoms with E-state index in [1.165, 1.54) is 11.3 Å². The van der Waals surface area contributed by atoms with Gasteiger partial charge >= 0.3 is 0 Å². The molecule has 0 saturated heterocycles. The Balaban J connectivity index is 2.23. The average Bonchev–Trinajstić information content (AvgIpc) is 2.42. The van der Waals surface area contributed by atoms with Crippen molar-refractivity contribution >= 4 is 26.5 Å². The summed E-state index contributed by atoms with van der Waals surface area (Å²) < 4.78 is 24.5. The van der Waals surface area contributed by atoms with Gasteiger partial charge in [-0.05, 0) is 7.05 Å². The number of nitrogens with zero attached hydrogens (tertiary/aromatic N) is 2. The standard InChI is InChI=1S/C8H13N3O2S2/c1-11-4-3-6-7(5-11)14-8(9-6)10-15(2,12)13/h3-5H2,1-2H3,(H,9,10). The molecule has 1 N–H and O–H groups in total. The minimum Gasteiger partial charge on any atom is -0.301 e. The van der Waals surface area contributed by atoms with Crippen LogP contribution in [-0.2, 0) is 23.0 Å². The molecule has 0 saturated carbocycles. The molecule has 0 amide bonds. The van der Waals surface area contributed by atoms with Crippen molar-refractivity contribution in [1.29, 1.82) is 0 Å². The molecule has 1 aromatic heterocycles. The van der Waals surface area contributed by atoms with Crippen LogP contribution in [0.25, 0.3) is 0 Å². The molecule has 0 fully saturated rings. The first-order chi connectivity index (χ1) is 6.94. The number of likely N-dealkylation sites (N-methyl/N-ethyl adjacent to an activating group) is 1. The van der Waals surface area contributed by atoms with E-state index in [9.17, 15) is 8.42 Å². The van der Waals surface area contributed by atoms with Crippen LogP contribution in [0.5, 0.6) is 0 Å². The maximum absolute atomic E-state index is 11.0. The maximum atomic E-state index is 11.0. The Morgan fingerprint density at radius 1 is 1.53 bits per heavy atom. The predicted octanol–water partition coefficient (Wildman–Crippen LogP) is 0.502. The highest BCUT2D eigenvalue weighted by molar-refractivity contribution is 7.92. The normalized spacial score (nSPS) is 17.5. The van der Waals surface area contributed by atoms with E-state index in [2.05, 4.69) is 14.6 Å². The molecule has 0 bridgehead atoms. The van der Waals surface area contributed by atoms with Gasteiger partial charge in [-0.1, -0.05) is 11.3 Å². The van der Waals surface area contributed by atoms with Gasteiger partial charge in [0.25, 0.3) is 0 Å². The van der Waals surface area contributed by atoms with Crippen LogP contribution in [0.15, 0.2) is 0 Å². The maximum Gasteiger partial charge on any atom is 0.231 e. The quantitative estimate of drug-likeness (QED) is 0.827. The molecular weight excluding hydrogens is 234 g/mol. The van der Waals surface area contributed by atoms with Crippen LogP contribution in [0.2, 0.25) is 0 Å². The van der Waals surface area contributed by atoms with Gasteiger partial charge in [0.1, 0.15) is 0 Å². The van der Waals surface area contributed by atoms with Crippen molar-refractivity contribution < 1.29 is 8.42 Å². The molecule has 1 aliphatic rings. The molecule has 0 atom stereocenters. The third-order valence-electron chi connectivity index (χ3n) is 2.19. The lowest BCUT2D eigenvalue weighted by molar-refractivity contribution is 0.314. The second-order valence-corrected chi connectivity index (χ2v) is 6.58. The molecule has 0 radical (unpaired) electrons. The fourth-order valence-corrected chi connectivity index (χ4v) is 3.45. The van der Waals surface area contributed by atoms with E-state index in [0.717, 1.165) is 36.3 Å². The SMILES string of the molecule is CN1CCc2nc(NS(C)(=O)=O)sc2C1. The summed E-state index contributed by atoms with van der Waals surface area (Å²) in [6.07, 6.45) is 2.04. The fourth-order valence-electron chi connectivity index (χ4n) is 1.53. The van der Waals surface area contributed by atoms with Gasteiger partial charge in [0.2, 0.25) is 10.0 Å². The lowest BCUT2D eigenvalue weighted by Gasteiger charge is -2.20. The van der Waals surface area contributed by atoms with Crippen molar-refractivity contribution in [3.05, 3.63) is 10.6 Å². The lowest BCUT2D eigenvalue weighted by Crippen LogP contribution is -2.25. The van der Waals surface area contributed by atoms with E-state index in [4.69, 9.17) is 0 Å². The summed E-state index contributed by atoms with van der Waals surface area (Å²) in [6, 6.07) is 0. The van der Waals surface area contributed by atoms with Crippen molar-refractivity contribution in [3.8, 4) is 0 Å². The third-order valence-corrected chi connectivity index (χ3v) is 3.89. The monoisotopic (exact) mass is 247 g/mol. The number of hydrogen-bond donors (Lipinski definition) is 1. The van der Waals surface area contributed by atoms with Gasteiger partial charge in [0.15, 0.2) is 5.13 Å². The molecule has 84 valence electrons. The third kappa shape index (κ3) is 2.67. The minimum atomic E-state index is -3.21. The zero-order chi connectivity index (χ0) is 11.1. The smallest absolute Gasteiger partial charge is 0.231 e. The molecule has 1 aliphatic heterocycles. The topological polar surface area (TPSA) is 62.3 Å². The van der Waals surface area contributed by atoms with Gasteiger partial charge in [-0.15, -0.1) is 0 Å². The zero-order valence-corrected chi connectivity index (χ0v) is 10.3. The second kappa shape index (κ2) is 3.73.